The summed E-state index contributed by atoms with van der Waals surface area (Å²) in [5.74, 6) is -3.29. The quantitative estimate of drug-likeness (QED) is 0.723. The van der Waals surface area contributed by atoms with Crippen LogP contribution in [0.5, 0.6) is 5.75 Å². The van der Waals surface area contributed by atoms with Crippen LogP contribution < -0.4 is 4.74 Å². The van der Waals surface area contributed by atoms with Crippen molar-refractivity contribution in [1.29, 1.82) is 0 Å². The van der Waals surface area contributed by atoms with Crippen molar-refractivity contribution >= 4 is 5.78 Å². The van der Waals surface area contributed by atoms with Gasteiger partial charge in [0.05, 0.1) is 12.7 Å². The first-order chi connectivity index (χ1) is 6.88. The van der Waals surface area contributed by atoms with Crippen molar-refractivity contribution < 1.29 is 18.3 Å². The zero-order valence-electron chi connectivity index (χ0n) is 8.80. The van der Waals surface area contributed by atoms with Gasteiger partial charge in [-0.25, -0.2) is 8.78 Å². The minimum Gasteiger partial charge on any atom is -0.496 e. The Morgan fingerprint density at radius 1 is 1.40 bits per heavy atom. The lowest BCUT2D eigenvalue weighted by Crippen LogP contribution is -2.14. The maximum atomic E-state index is 13.2. The number of carbonyl (C=O) groups is 1. The average molecular weight is 214 g/mol. The monoisotopic (exact) mass is 214 g/mol. The summed E-state index contributed by atoms with van der Waals surface area (Å²) in [7, 11) is 1.35. The molecule has 0 aliphatic carbocycles. The molecule has 0 saturated carbocycles. The molecule has 1 rings (SSSR count). The second-order valence-electron chi connectivity index (χ2n) is 3.33. The smallest absolute Gasteiger partial charge is 0.271 e. The number of carbonyl (C=O) groups excluding carboxylic acids is 1. The number of halogens is 2. The molecule has 2 nitrogen and oxygen atoms in total. The van der Waals surface area contributed by atoms with E-state index in [9.17, 15) is 13.6 Å². The largest absolute Gasteiger partial charge is 0.496 e. The normalized spacial score (nSPS) is 11.3. The SMILES string of the molecule is COc1cccc(C(C)(F)F)c1C(C)=O. The Balaban J connectivity index is 3.46. The molecule has 0 amide bonds. The van der Waals surface area contributed by atoms with E-state index in [-0.39, 0.29) is 16.9 Å². The highest BCUT2D eigenvalue weighted by Crippen LogP contribution is 2.34. The summed E-state index contributed by atoms with van der Waals surface area (Å²) in [6.45, 7) is 2.00. The van der Waals surface area contributed by atoms with E-state index in [4.69, 9.17) is 4.74 Å². The molecule has 0 aliphatic rings. The van der Waals surface area contributed by atoms with E-state index in [2.05, 4.69) is 0 Å². The van der Waals surface area contributed by atoms with Crippen LogP contribution >= 0.6 is 0 Å². The van der Waals surface area contributed by atoms with Crippen LogP contribution in [0.2, 0.25) is 0 Å². The first-order valence-corrected chi connectivity index (χ1v) is 4.44. The summed E-state index contributed by atoms with van der Waals surface area (Å²) < 4.78 is 31.3. The number of Topliss-reactive ketones (excluding diaryl/α,β-unsaturated/α-hetero) is 1. The Labute approximate surface area is 86.9 Å². The Morgan fingerprint density at radius 3 is 2.40 bits per heavy atom. The fraction of sp³-hybridized carbons (Fsp3) is 0.364. The van der Waals surface area contributed by atoms with Crippen LogP contribution in [0.4, 0.5) is 8.78 Å². The number of benzene rings is 1. The fourth-order valence-corrected chi connectivity index (χ4v) is 1.43. The molecule has 0 aromatic heterocycles. The van der Waals surface area contributed by atoms with Gasteiger partial charge in [-0.05, 0) is 13.0 Å². The molecule has 4 heteroatoms. The predicted molar refractivity (Wildman–Crippen MR) is 52.6 cm³/mol. The van der Waals surface area contributed by atoms with Gasteiger partial charge < -0.3 is 4.74 Å². The first-order valence-electron chi connectivity index (χ1n) is 4.44. The molecule has 0 saturated heterocycles. The number of rotatable bonds is 3. The summed E-state index contributed by atoms with van der Waals surface area (Å²) in [4.78, 5) is 11.3. The lowest BCUT2D eigenvalue weighted by Gasteiger charge is -2.16. The van der Waals surface area contributed by atoms with Crippen LogP contribution in [-0.2, 0) is 5.92 Å². The van der Waals surface area contributed by atoms with Crippen molar-refractivity contribution in [2.24, 2.45) is 0 Å². The Morgan fingerprint density at radius 2 is 2.00 bits per heavy atom. The molecule has 0 heterocycles. The van der Waals surface area contributed by atoms with E-state index in [1.54, 1.807) is 0 Å². The molecule has 0 aliphatic heterocycles. The highest BCUT2D eigenvalue weighted by molar-refractivity contribution is 5.98. The van der Waals surface area contributed by atoms with E-state index in [0.717, 1.165) is 6.92 Å². The van der Waals surface area contributed by atoms with Gasteiger partial charge in [-0.2, -0.15) is 0 Å². The molecular formula is C11H12F2O2. The molecule has 0 radical (unpaired) electrons. The third-order valence-corrected chi connectivity index (χ3v) is 2.07. The Hall–Kier alpha value is -1.45. The molecule has 15 heavy (non-hydrogen) atoms. The van der Waals surface area contributed by atoms with Gasteiger partial charge in [-0.3, -0.25) is 4.79 Å². The van der Waals surface area contributed by atoms with Crippen molar-refractivity contribution in [3.05, 3.63) is 29.3 Å². The number of hydrogen-bond donors (Lipinski definition) is 0. The van der Waals surface area contributed by atoms with Crippen molar-refractivity contribution in [2.45, 2.75) is 19.8 Å². The minimum absolute atomic E-state index is 0.0486. The van der Waals surface area contributed by atoms with Gasteiger partial charge in [0.1, 0.15) is 5.75 Å². The van der Waals surface area contributed by atoms with Gasteiger partial charge in [0, 0.05) is 12.5 Å². The lowest BCUT2D eigenvalue weighted by molar-refractivity contribution is 0.0162. The number of methoxy groups -OCH3 is 1. The van der Waals surface area contributed by atoms with Gasteiger partial charge >= 0.3 is 0 Å². The average Bonchev–Trinajstić information content (AvgIpc) is 2.15. The third kappa shape index (κ3) is 2.32. The summed E-state index contributed by atoms with van der Waals surface area (Å²) in [6, 6.07) is 4.17. The molecule has 0 unspecified atom stereocenters. The number of ether oxygens (including phenoxy) is 1. The molecule has 0 bridgehead atoms. The van der Waals surface area contributed by atoms with Crippen LogP contribution in [0.25, 0.3) is 0 Å². The summed E-state index contributed by atoms with van der Waals surface area (Å²) in [5, 5.41) is 0. The first kappa shape index (κ1) is 11.6. The second kappa shape index (κ2) is 3.96. The number of hydrogen-bond acceptors (Lipinski definition) is 2. The van der Waals surface area contributed by atoms with E-state index in [0.29, 0.717) is 0 Å². The Bertz CT molecular complexity index is 381. The van der Waals surface area contributed by atoms with E-state index < -0.39 is 11.7 Å². The lowest BCUT2D eigenvalue weighted by atomic mass is 9.99. The van der Waals surface area contributed by atoms with E-state index >= 15 is 0 Å². The maximum absolute atomic E-state index is 13.2. The second-order valence-corrected chi connectivity index (χ2v) is 3.33. The topological polar surface area (TPSA) is 26.3 Å². The van der Waals surface area contributed by atoms with Crippen LogP contribution in [0.15, 0.2) is 18.2 Å². The zero-order valence-corrected chi connectivity index (χ0v) is 8.80. The van der Waals surface area contributed by atoms with Gasteiger partial charge in [-0.15, -0.1) is 0 Å². The molecule has 0 atom stereocenters. The van der Waals surface area contributed by atoms with Crippen LogP contribution in [0.1, 0.15) is 29.8 Å². The highest BCUT2D eigenvalue weighted by Gasteiger charge is 2.30. The third-order valence-electron chi connectivity index (χ3n) is 2.07. The number of alkyl halides is 2. The van der Waals surface area contributed by atoms with Gasteiger partial charge in [-0.1, -0.05) is 12.1 Å². The molecule has 1 aromatic carbocycles. The molecule has 1 aromatic rings. The Kier molecular flexibility index (Phi) is 3.07. The van der Waals surface area contributed by atoms with Crippen LogP contribution in [0, 0.1) is 0 Å². The highest BCUT2D eigenvalue weighted by atomic mass is 19.3. The molecule has 82 valence electrons. The van der Waals surface area contributed by atoms with Gasteiger partial charge in [0.2, 0.25) is 0 Å². The standard InChI is InChI=1S/C11H12F2O2/c1-7(14)10-8(11(2,12)13)5-4-6-9(10)15-3/h4-6H,1-3H3. The molecular weight excluding hydrogens is 202 g/mol. The van der Waals surface area contributed by atoms with Gasteiger partial charge in [0.15, 0.2) is 5.78 Å². The molecule has 0 fully saturated rings. The summed E-state index contributed by atoms with van der Waals surface area (Å²) >= 11 is 0. The van der Waals surface area contributed by atoms with Crippen LogP contribution in [0.3, 0.4) is 0 Å². The van der Waals surface area contributed by atoms with E-state index in [1.165, 1.54) is 32.2 Å². The van der Waals surface area contributed by atoms with Crippen LogP contribution in [-0.4, -0.2) is 12.9 Å². The summed E-state index contributed by atoms with van der Waals surface area (Å²) in [6.07, 6.45) is 0. The molecule has 0 spiro atoms. The van der Waals surface area contributed by atoms with Crippen molar-refractivity contribution in [3.63, 3.8) is 0 Å². The fourth-order valence-electron chi connectivity index (χ4n) is 1.43. The summed E-state index contributed by atoms with van der Waals surface area (Å²) in [5.41, 5.74) is -0.346. The zero-order chi connectivity index (χ0) is 11.6. The number of ketones is 1. The van der Waals surface area contributed by atoms with E-state index in [1.807, 2.05) is 0 Å². The van der Waals surface area contributed by atoms with Crippen molar-refractivity contribution in [3.8, 4) is 5.75 Å². The van der Waals surface area contributed by atoms with Gasteiger partial charge in [0.25, 0.3) is 5.92 Å². The minimum atomic E-state index is -3.05. The molecule has 0 N–H and O–H groups in total. The predicted octanol–water partition coefficient (Wildman–Crippen LogP) is 3.01. The van der Waals surface area contributed by atoms with Crippen molar-refractivity contribution in [1.82, 2.24) is 0 Å². The maximum Gasteiger partial charge on any atom is 0.271 e. The van der Waals surface area contributed by atoms with Crippen molar-refractivity contribution in [2.75, 3.05) is 7.11 Å².